The van der Waals surface area contributed by atoms with Crippen molar-refractivity contribution in [2.45, 2.75) is 32.4 Å². The first-order chi connectivity index (χ1) is 12.6. The van der Waals surface area contributed by atoms with Gasteiger partial charge < -0.3 is 14.5 Å². The van der Waals surface area contributed by atoms with Crippen LogP contribution in [0.4, 0.5) is 0 Å². The van der Waals surface area contributed by atoms with Crippen LogP contribution in [-0.2, 0) is 9.63 Å². The smallest absolute Gasteiger partial charge is 0.272 e. The van der Waals surface area contributed by atoms with Gasteiger partial charge in [-0.25, -0.2) is 0 Å². The Labute approximate surface area is 154 Å². The summed E-state index contributed by atoms with van der Waals surface area (Å²) in [5.74, 6) is 0.699. The number of methoxy groups -OCH3 is 1. The molecule has 0 fully saturated rings. The molecule has 2 aromatic rings. The van der Waals surface area contributed by atoms with Gasteiger partial charge in [0.05, 0.1) is 13.2 Å². The van der Waals surface area contributed by atoms with Crippen molar-refractivity contribution in [2.24, 2.45) is 5.16 Å². The van der Waals surface area contributed by atoms with E-state index in [9.17, 15) is 4.79 Å². The second-order valence-corrected chi connectivity index (χ2v) is 6.29. The molecule has 1 aliphatic heterocycles. The van der Waals surface area contributed by atoms with Crippen LogP contribution < -0.4 is 4.74 Å². The SMILES string of the molecule is CCN(C(=O)C1=NOC(c2ccccc2)C1)C(C)c1cccc(OC)c1. The highest BCUT2D eigenvalue weighted by Crippen LogP contribution is 2.29. The number of ether oxygens (including phenoxy) is 1. The maximum absolute atomic E-state index is 13.0. The molecule has 1 aliphatic rings. The van der Waals surface area contributed by atoms with Crippen LogP contribution in [0.2, 0.25) is 0 Å². The Balaban J connectivity index is 1.73. The van der Waals surface area contributed by atoms with Crippen molar-refractivity contribution in [3.05, 3.63) is 65.7 Å². The molecule has 2 atom stereocenters. The Morgan fingerprint density at radius 3 is 2.73 bits per heavy atom. The zero-order valence-electron chi connectivity index (χ0n) is 15.4. The minimum Gasteiger partial charge on any atom is -0.497 e. The number of hydrogen-bond donors (Lipinski definition) is 0. The molecular weight excluding hydrogens is 328 g/mol. The van der Waals surface area contributed by atoms with Gasteiger partial charge in [0.2, 0.25) is 0 Å². The van der Waals surface area contributed by atoms with Crippen LogP contribution in [-0.4, -0.2) is 30.2 Å². The first kappa shape index (κ1) is 18.0. The van der Waals surface area contributed by atoms with E-state index in [4.69, 9.17) is 9.57 Å². The van der Waals surface area contributed by atoms with Crippen molar-refractivity contribution in [3.8, 4) is 5.75 Å². The van der Waals surface area contributed by atoms with Gasteiger partial charge in [-0.05, 0) is 37.1 Å². The third-order valence-electron chi connectivity index (χ3n) is 4.73. The Hall–Kier alpha value is -2.82. The molecule has 0 aromatic heterocycles. The number of carbonyl (C=O) groups is 1. The molecule has 0 saturated carbocycles. The van der Waals surface area contributed by atoms with E-state index in [1.807, 2.05) is 73.3 Å². The van der Waals surface area contributed by atoms with Crippen molar-refractivity contribution in [1.82, 2.24) is 4.90 Å². The molecule has 1 heterocycles. The van der Waals surface area contributed by atoms with Crippen molar-refractivity contribution in [3.63, 3.8) is 0 Å². The normalized spacial score (nSPS) is 17.2. The summed E-state index contributed by atoms with van der Waals surface area (Å²) in [4.78, 5) is 20.3. The van der Waals surface area contributed by atoms with Gasteiger partial charge in [0.15, 0.2) is 6.10 Å². The highest BCUT2D eigenvalue weighted by molar-refractivity contribution is 6.39. The van der Waals surface area contributed by atoms with Crippen LogP contribution in [0.1, 0.15) is 43.5 Å². The van der Waals surface area contributed by atoms with Crippen molar-refractivity contribution < 1.29 is 14.4 Å². The maximum Gasteiger partial charge on any atom is 0.272 e. The van der Waals surface area contributed by atoms with Gasteiger partial charge >= 0.3 is 0 Å². The highest BCUT2D eigenvalue weighted by Gasteiger charge is 2.31. The van der Waals surface area contributed by atoms with E-state index in [1.54, 1.807) is 7.11 Å². The summed E-state index contributed by atoms with van der Waals surface area (Å²) in [5, 5.41) is 4.07. The molecule has 3 rings (SSSR count). The number of oxime groups is 1. The van der Waals surface area contributed by atoms with Crippen molar-refractivity contribution in [1.29, 1.82) is 0 Å². The van der Waals surface area contributed by atoms with Gasteiger partial charge in [0.1, 0.15) is 11.5 Å². The molecule has 2 unspecified atom stereocenters. The fourth-order valence-electron chi connectivity index (χ4n) is 3.19. The zero-order chi connectivity index (χ0) is 18.5. The van der Waals surface area contributed by atoms with E-state index in [0.29, 0.717) is 18.7 Å². The fraction of sp³-hybridized carbons (Fsp3) is 0.333. The third kappa shape index (κ3) is 3.72. The summed E-state index contributed by atoms with van der Waals surface area (Å²) >= 11 is 0. The van der Waals surface area contributed by atoms with Crippen LogP contribution in [0.3, 0.4) is 0 Å². The lowest BCUT2D eigenvalue weighted by atomic mass is 10.0. The lowest BCUT2D eigenvalue weighted by Gasteiger charge is -2.28. The average Bonchev–Trinajstić information content (AvgIpc) is 3.19. The van der Waals surface area contributed by atoms with Gasteiger partial charge in [-0.1, -0.05) is 47.6 Å². The van der Waals surface area contributed by atoms with Crippen LogP contribution in [0.5, 0.6) is 5.75 Å². The third-order valence-corrected chi connectivity index (χ3v) is 4.73. The predicted octanol–water partition coefficient (Wildman–Crippen LogP) is 4.12. The molecule has 5 heteroatoms. The zero-order valence-corrected chi connectivity index (χ0v) is 15.4. The minimum absolute atomic E-state index is 0.0822. The number of nitrogens with zero attached hydrogens (tertiary/aromatic N) is 2. The molecule has 2 aromatic carbocycles. The molecule has 0 bridgehead atoms. The Morgan fingerprint density at radius 1 is 1.27 bits per heavy atom. The van der Waals surface area contributed by atoms with E-state index < -0.39 is 0 Å². The van der Waals surface area contributed by atoms with Crippen LogP contribution >= 0.6 is 0 Å². The van der Waals surface area contributed by atoms with Crippen LogP contribution in [0.15, 0.2) is 59.8 Å². The minimum atomic E-state index is -0.194. The number of hydrogen-bond acceptors (Lipinski definition) is 4. The van der Waals surface area contributed by atoms with Gasteiger partial charge in [-0.15, -0.1) is 0 Å². The van der Waals surface area contributed by atoms with Gasteiger partial charge in [0.25, 0.3) is 5.91 Å². The second-order valence-electron chi connectivity index (χ2n) is 6.29. The molecule has 5 nitrogen and oxygen atoms in total. The van der Waals surface area contributed by atoms with Crippen molar-refractivity contribution >= 4 is 11.6 Å². The summed E-state index contributed by atoms with van der Waals surface area (Å²) in [6.45, 7) is 4.58. The Bertz CT molecular complexity index is 789. The number of benzene rings is 2. The first-order valence-corrected chi connectivity index (χ1v) is 8.86. The van der Waals surface area contributed by atoms with E-state index in [2.05, 4.69) is 5.16 Å². The van der Waals surface area contributed by atoms with E-state index in [1.165, 1.54) is 0 Å². The molecular formula is C21H24N2O3. The molecule has 0 saturated heterocycles. The highest BCUT2D eigenvalue weighted by atomic mass is 16.6. The summed E-state index contributed by atoms with van der Waals surface area (Å²) in [6.07, 6.45) is 0.297. The Kier molecular flexibility index (Phi) is 5.56. The van der Waals surface area contributed by atoms with Crippen LogP contribution in [0.25, 0.3) is 0 Å². The maximum atomic E-state index is 13.0. The topological polar surface area (TPSA) is 51.1 Å². The lowest BCUT2D eigenvalue weighted by molar-refractivity contribution is -0.126. The fourth-order valence-corrected chi connectivity index (χ4v) is 3.19. The Morgan fingerprint density at radius 2 is 2.04 bits per heavy atom. The van der Waals surface area contributed by atoms with E-state index >= 15 is 0 Å². The molecule has 0 aliphatic carbocycles. The van der Waals surface area contributed by atoms with Gasteiger partial charge in [-0.2, -0.15) is 0 Å². The van der Waals surface area contributed by atoms with Crippen LogP contribution in [0, 0.1) is 0 Å². The van der Waals surface area contributed by atoms with E-state index in [0.717, 1.165) is 16.9 Å². The standard InChI is InChI=1S/C21H24N2O3/c1-4-23(15(2)17-11-8-12-18(13-17)25-3)21(24)19-14-20(26-22-19)16-9-6-5-7-10-16/h5-13,15,20H,4,14H2,1-3H3. The molecule has 1 amide bonds. The lowest BCUT2D eigenvalue weighted by Crippen LogP contribution is -2.38. The number of rotatable bonds is 6. The average molecular weight is 352 g/mol. The molecule has 0 radical (unpaired) electrons. The molecule has 0 N–H and O–H groups in total. The quantitative estimate of drug-likeness (QED) is 0.786. The first-order valence-electron chi connectivity index (χ1n) is 8.86. The monoisotopic (exact) mass is 352 g/mol. The summed E-state index contributed by atoms with van der Waals surface area (Å²) in [7, 11) is 1.64. The predicted molar refractivity (Wildman–Crippen MR) is 101 cm³/mol. The second kappa shape index (κ2) is 8.04. The largest absolute Gasteiger partial charge is 0.497 e. The molecule has 136 valence electrons. The number of amides is 1. The molecule has 0 spiro atoms. The van der Waals surface area contributed by atoms with Gasteiger partial charge in [0, 0.05) is 13.0 Å². The van der Waals surface area contributed by atoms with E-state index in [-0.39, 0.29) is 18.1 Å². The summed E-state index contributed by atoms with van der Waals surface area (Å²) in [5.41, 5.74) is 2.53. The van der Waals surface area contributed by atoms with Crippen molar-refractivity contribution in [2.75, 3.05) is 13.7 Å². The molecule has 26 heavy (non-hydrogen) atoms. The summed E-state index contributed by atoms with van der Waals surface area (Å²) in [6, 6.07) is 17.6. The van der Waals surface area contributed by atoms with Gasteiger partial charge in [-0.3, -0.25) is 4.79 Å². The number of carbonyl (C=O) groups excluding carboxylic acids is 1. The summed E-state index contributed by atoms with van der Waals surface area (Å²) < 4.78 is 5.29.